The molecule has 0 radical (unpaired) electrons. The maximum Gasteiger partial charge on any atom is 0.460 e. The number of rotatable bonds is 7. The fraction of sp³-hybridized carbons (Fsp3) is 0.400. The van der Waals surface area contributed by atoms with Gasteiger partial charge in [-0.15, -0.1) is 0 Å². The van der Waals surface area contributed by atoms with Crippen LogP contribution in [0.4, 0.5) is 87.8 Å². The first-order valence-corrected chi connectivity index (χ1v) is 7.89. The maximum absolute atomic E-state index is 13.5. The van der Waals surface area contributed by atoms with Crippen LogP contribution in [-0.2, 0) is 4.79 Å². The number of halogens is 20. The lowest BCUT2D eigenvalue weighted by Crippen LogP contribution is -2.70. The molecule has 0 heterocycles. The van der Waals surface area contributed by atoms with Crippen LogP contribution in [0.3, 0.4) is 0 Å². The molecule has 0 aromatic heterocycles. The van der Waals surface area contributed by atoms with E-state index in [1.165, 1.54) is 0 Å². The summed E-state index contributed by atoms with van der Waals surface area (Å²) in [6, 6.07) is 0. The third kappa shape index (κ3) is 4.50. The van der Waals surface area contributed by atoms with Crippen LogP contribution in [0.1, 0.15) is 0 Å². The van der Waals surface area contributed by atoms with Gasteiger partial charge in [-0.2, -0.15) is 70.2 Å². The van der Waals surface area contributed by atoms with Gasteiger partial charge in [0.25, 0.3) is 0 Å². The molecule has 0 N–H and O–H groups in total. The second kappa shape index (κ2) is 9.10. The summed E-state index contributed by atoms with van der Waals surface area (Å²) in [5.41, 5.74) is 0. The highest BCUT2D eigenvalue weighted by atomic mass is 19.4. The molecule has 0 spiro atoms. The van der Waals surface area contributed by atoms with Gasteiger partial charge in [0.2, 0.25) is 46.5 Å². The molecule has 0 unspecified atom stereocenters. The van der Waals surface area contributed by atoms with Crippen LogP contribution in [0.2, 0.25) is 0 Å². The van der Waals surface area contributed by atoms with Crippen molar-refractivity contribution >= 4 is 5.97 Å². The Bertz CT molecular complexity index is 1080. The average Bonchev–Trinajstić information content (AvgIpc) is 2.76. The Morgan fingerprint density at radius 1 is 0.514 bits per heavy atom. The fourth-order valence-corrected chi connectivity index (χ4v) is 1.95. The molecule has 0 aliphatic rings. The van der Waals surface area contributed by atoms with Crippen LogP contribution in [0.5, 0.6) is 5.75 Å². The van der Waals surface area contributed by atoms with Gasteiger partial charge in [-0.05, 0) is 0 Å². The molecule has 1 aromatic rings. The summed E-state index contributed by atoms with van der Waals surface area (Å²) in [5, 5.41) is 0. The zero-order chi connectivity index (χ0) is 29.9. The summed E-state index contributed by atoms with van der Waals surface area (Å²) in [7, 11) is 0. The van der Waals surface area contributed by atoms with E-state index in [-0.39, 0.29) is 0 Å². The normalized spacial score (nSPS) is 15.0. The van der Waals surface area contributed by atoms with Gasteiger partial charge in [0.1, 0.15) is 0 Å². The van der Waals surface area contributed by atoms with Gasteiger partial charge < -0.3 is 4.74 Å². The lowest BCUT2D eigenvalue weighted by Gasteiger charge is -2.39. The first-order valence-electron chi connectivity index (χ1n) is 7.89. The van der Waals surface area contributed by atoms with Crippen molar-refractivity contribution in [2.24, 2.45) is 0 Å². The van der Waals surface area contributed by atoms with Gasteiger partial charge in [0, 0.05) is 0 Å². The molecule has 0 bridgehead atoms. The Hall–Kier alpha value is -2.97. The Morgan fingerprint density at radius 3 is 1.19 bits per heavy atom. The van der Waals surface area contributed by atoms with E-state index in [4.69, 9.17) is 0 Å². The predicted octanol–water partition coefficient (Wildman–Crippen LogP) is 7.18. The van der Waals surface area contributed by atoms with E-state index in [0.717, 1.165) is 0 Å². The van der Waals surface area contributed by atoms with E-state index in [1.54, 1.807) is 0 Å². The molecule has 0 saturated carbocycles. The van der Waals surface area contributed by atoms with Crippen molar-refractivity contribution in [2.75, 3.05) is 0 Å². The van der Waals surface area contributed by atoms with Gasteiger partial charge >= 0.3 is 41.8 Å². The molecular formula is C15F20O2. The highest BCUT2D eigenvalue weighted by Gasteiger charge is 2.91. The van der Waals surface area contributed by atoms with Gasteiger partial charge in [-0.1, -0.05) is 0 Å². The topological polar surface area (TPSA) is 26.3 Å². The van der Waals surface area contributed by atoms with E-state index >= 15 is 0 Å². The maximum atomic E-state index is 13.5. The van der Waals surface area contributed by atoms with Crippen molar-refractivity contribution in [3.05, 3.63) is 40.7 Å². The number of carbonyl (C=O) groups is 1. The summed E-state index contributed by atoms with van der Waals surface area (Å²) in [4.78, 5) is 11.1. The monoisotopic (exact) mass is 592 g/mol. The second-order valence-electron chi connectivity index (χ2n) is 6.29. The molecule has 212 valence electrons. The Kier molecular flexibility index (Phi) is 7.88. The first-order chi connectivity index (χ1) is 16.1. The smallest absolute Gasteiger partial charge is 0.415 e. The van der Waals surface area contributed by atoms with Gasteiger partial charge in [0.15, 0.2) is 0 Å². The molecule has 0 saturated heterocycles. The molecule has 22 heteroatoms. The van der Waals surface area contributed by atoms with Gasteiger partial charge in [-0.3, -0.25) is 0 Å². The summed E-state index contributed by atoms with van der Waals surface area (Å²) < 4.78 is 263. The second-order valence-corrected chi connectivity index (χ2v) is 6.29. The Balaban J connectivity index is 3.63. The Labute approximate surface area is 187 Å². The number of carbonyl (C=O) groups excluding carboxylic acids is 1. The standard InChI is InChI=1S/C15F20O2/c16-1-2(17)4(19)7(5(20)3(1)18)37-9(36)6(21)8(22)10(23,24)11(25,26)12(27,28)13(29,30)14(31,32)15(33,34)35. The average molecular weight is 592 g/mol. The van der Waals surface area contributed by atoms with Crippen molar-refractivity contribution in [3.63, 3.8) is 0 Å². The number of ether oxygens (including phenoxy) is 1. The zero-order valence-corrected chi connectivity index (χ0v) is 15.9. The molecule has 2 nitrogen and oxygen atoms in total. The van der Waals surface area contributed by atoms with Crippen molar-refractivity contribution < 1.29 is 97.3 Å². The van der Waals surface area contributed by atoms with E-state index in [9.17, 15) is 92.6 Å². The Morgan fingerprint density at radius 2 is 0.838 bits per heavy atom. The molecule has 0 aliphatic carbocycles. The minimum absolute atomic E-state index is 2.94. The lowest BCUT2D eigenvalue weighted by atomic mass is 9.93. The molecule has 37 heavy (non-hydrogen) atoms. The first kappa shape index (κ1) is 32.1. The van der Waals surface area contributed by atoms with Crippen LogP contribution in [0.25, 0.3) is 0 Å². The van der Waals surface area contributed by atoms with E-state index in [0.29, 0.717) is 0 Å². The summed E-state index contributed by atoms with van der Waals surface area (Å²) in [6.07, 6.45) is -7.83. The van der Waals surface area contributed by atoms with Crippen molar-refractivity contribution in [1.82, 2.24) is 0 Å². The largest absolute Gasteiger partial charge is 0.460 e. The molecule has 0 fully saturated rings. The number of benzene rings is 1. The minimum Gasteiger partial charge on any atom is -0.415 e. The van der Waals surface area contributed by atoms with Gasteiger partial charge in [0.05, 0.1) is 0 Å². The van der Waals surface area contributed by atoms with Crippen molar-refractivity contribution in [1.29, 1.82) is 0 Å². The van der Waals surface area contributed by atoms with Crippen LogP contribution >= 0.6 is 0 Å². The van der Waals surface area contributed by atoms with Crippen molar-refractivity contribution in [3.8, 4) is 5.75 Å². The fourth-order valence-electron chi connectivity index (χ4n) is 1.95. The van der Waals surface area contributed by atoms with E-state index in [2.05, 4.69) is 4.74 Å². The zero-order valence-electron chi connectivity index (χ0n) is 15.9. The summed E-state index contributed by atoms with van der Waals surface area (Å²) in [6.45, 7) is 0. The molecule has 0 atom stereocenters. The van der Waals surface area contributed by atoms with Crippen molar-refractivity contribution in [2.45, 2.75) is 35.8 Å². The van der Waals surface area contributed by atoms with Crippen LogP contribution in [0, 0.1) is 29.1 Å². The predicted molar refractivity (Wildman–Crippen MR) is 71.9 cm³/mol. The lowest BCUT2D eigenvalue weighted by molar-refractivity contribution is -0.437. The van der Waals surface area contributed by atoms with Crippen LogP contribution in [0.15, 0.2) is 11.7 Å². The molecule has 0 aliphatic heterocycles. The SMILES string of the molecule is O=C(Oc1c(F)c(F)c(F)c(F)c1F)C(F)=C(F)C(F)(F)C(F)(F)C(F)(F)C(F)(F)C(F)(F)C(F)(F)F. The van der Waals surface area contributed by atoms with Crippen LogP contribution in [-0.4, -0.2) is 41.8 Å². The number of allylic oxidation sites excluding steroid dienone is 1. The van der Waals surface area contributed by atoms with E-state index < -0.39 is 88.2 Å². The third-order valence-corrected chi connectivity index (χ3v) is 3.95. The van der Waals surface area contributed by atoms with Crippen LogP contribution < -0.4 is 4.74 Å². The molecular weight excluding hydrogens is 592 g/mol. The number of esters is 1. The minimum atomic E-state index is -8.62. The molecule has 1 rings (SSSR count). The quantitative estimate of drug-likeness (QED) is 0.0839. The van der Waals surface area contributed by atoms with E-state index in [1.807, 2.05) is 0 Å². The number of alkyl halides is 13. The molecule has 0 amide bonds. The van der Waals surface area contributed by atoms with Gasteiger partial charge in [-0.25, -0.2) is 22.4 Å². The highest BCUT2D eigenvalue weighted by molar-refractivity contribution is 5.88. The number of hydrogen-bond acceptors (Lipinski definition) is 2. The third-order valence-electron chi connectivity index (χ3n) is 3.95. The molecule has 1 aromatic carbocycles. The summed E-state index contributed by atoms with van der Waals surface area (Å²) in [5.74, 6) is -73.4. The number of hydrogen-bond donors (Lipinski definition) is 0. The summed E-state index contributed by atoms with van der Waals surface area (Å²) >= 11 is 0. The highest BCUT2D eigenvalue weighted by Crippen LogP contribution is 2.61.